The maximum absolute atomic E-state index is 13.0. The first-order chi connectivity index (χ1) is 12.7. The minimum Gasteiger partial charge on any atom is -0.352 e. The van der Waals surface area contributed by atoms with E-state index >= 15 is 0 Å². The Balaban J connectivity index is 1.57. The molecule has 0 spiro atoms. The van der Waals surface area contributed by atoms with E-state index in [1.165, 1.54) is 0 Å². The van der Waals surface area contributed by atoms with Crippen LogP contribution in [0.1, 0.15) is 41.4 Å². The van der Waals surface area contributed by atoms with Gasteiger partial charge in [0.15, 0.2) is 0 Å². The van der Waals surface area contributed by atoms with E-state index in [4.69, 9.17) is 4.98 Å². The van der Waals surface area contributed by atoms with Crippen molar-refractivity contribution in [1.82, 2.24) is 20.1 Å². The molecule has 0 unspecified atom stereocenters. The highest BCUT2D eigenvalue weighted by atomic mass is 16.1. The Morgan fingerprint density at radius 3 is 3.04 bits per heavy atom. The zero-order valence-corrected chi connectivity index (χ0v) is 15.1. The van der Waals surface area contributed by atoms with Gasteiger partial charge in [0.1, 0.15) is 0 Å². The molecular weight excluding hydrogens is 324 g/mol. The number of fused-ring (bicyclic) bond motifs is 2. The molecule has 1 aromatic carbocycles. The highest BCUT2D eigenvalue weighted by molar-refractivity contribution is 6.07. The summed E-state index contributed by atoms with van der Waals surface area (Å²) in [6.07, 6.45) is 7.60. The summed E-state index contributed by atoms with van der Waals surface area (Å²) in [6, 6.07) is 9.90. The average molecular weight is 348 g/mol. The van der Waals surface area contributed by atoms with Gasteiger partial charge in [0.05, 0.1) is 11.1 Å². The van der Waals surface area contributed by atoms with Crippen LogP contribution in [0.4, 0.5) is 0 Å². The van der Waals surface area contributed by atoms with Gasteiger partial charge in [-0.25, -0.2) is 0 Å². The summed E-state index contributed by atoms with van der Waals surface area (Å²) in [6.45, 7) is 3.70. The highest BCUT2D eigenvalue weighted by Gasteiger charge is 2.24. The Morgan fingerprint density at radius 1 is 1.31 bits per heavy atom. The molecule has 0 bridgehead atoms. The van der Waals surface area contributed by atoms with Gasteiger partial charge in [-0.2, -0.15) is 5.10 Å². The number of hydrogen-bond acceptors (Lipinski definition) is 3. The predicted molar refractivity (Wildman–Crippen MR) is 102 cm³/mol. The Labute approximate surface area is 153 Å². The summed E-state index contributed by atoms with van der Waals surface area (Å²) in [7, 11) is 0. The molecule has 0 aliphatic heterocycles. The van der Waals surface area contributed by atoms with E-state index in [0.717, 1.165) is 60.0 Å². The first-order valence-electron chi connectivity index (χ1n) is 9.38. The molecule has 4 rings (SSSR count). The predicted octanol–water partition coefficient (Wildman–Crippen LogP) is 3.38. The number of carbonyl (C=O) groups excluding carboxylic acids is 1. The molecule has 0 fully saturated rings. The van der Waals surface area contributed by atoms with Gasteiger partial charge in [-0.3, -0.25) is 14.5 Å². The third kappa shape index (κ3) is 3.34. The molecule has 1 amide bonds. The van der Waals surface area contributed by atoms with Crippen LogP contribution in [0.3, 0.4) is 0 Å². The third-order valence-corrected chi connectivity index (χ3v) is 5.14. The molecule has 3 aromatic rings. The van der Waals surface area contributed by atoms with Crippen molar-refractivity contribution in [3.63, 3.8) is 0 Å². The van der Waals surface area contributed by atoms with Gasteiger partial charge in [0.2, 0.25) is 0 Å². The molecule has 134 valence electrons. The van der Waals surface area contributed by atoms with Gasteiger partial charge in [-0.15, -0.1) is 0 Å². The zero-order chi connectivity index (χ0) is 17.9. The largest absolute Gasteiger partial charge is 0.352 e. The molecule has 1 aliphatic rings. The summed E-state index contributed by atoms with van der Waals surface area (Å²) >= 11 is 0. The molecule has 1 aliphatic carbocycles. The molecule has 1 atom stereocenters. The number of nitrogens with one attached hydrogen (secondary N) is 1. The summed E-state index contributed by atoms with van der Waals surface area (Å²) < 4.78 is 1.89. The lowest BCUT2D eigenvalue weighted by atomic mass is 9.84. The fourth-order valence-corrected chi connectivity index (χ4v) is 3.79. The number of aryl methyl sites for hydroxylation is 2. The van der Waals surface area contributed by atoms with Crippen molar-refractivity contribution in [2.24, 2.45) is 5.92 Å². The van der Waals surface area contributed by atoms with E-state index in [9.17, 15) is 4.79 Å². The van der Waals surface area contributed by atoms with Crippen molar-refractivity contribution in [3.8, 4) is 0 Å². The minimum atomic E-state index is 0.0226. The number of rotatable bonds is 5. The topological polar surface area (TPSA) is 59.8 Å². The monoisotopic (exact) mass is 348 g/mol. The van der Waals surface area contributed by atoms with Crippen LogP contribution in [0.2, 0.25) is 0 Å². The number of nitrogens with zero attached hydrogens (tertiary/aromatic N) is 3. The van der Waals surface area contributed by atoms with Crippen LogP contribution in [-0.4, -0.2) is 27.2 Å². The molecule has 0 saturated heterocycles. The summed E-state index contributed by atoms with van der Waals surface area (Å²) in [5, 5.41) is 8.27. The fraction of sp³-hybridized carbons (Fsp3) is 0.381. The van der Waals surface area contributed by atoms with Crippen molar-refractivity contribution in [2.75, 3.05) is 6.54 Å². The lowest BCUT2D eigenvalue weighted by Gasteiger charge is -2.24. The SMILES string of the molecule is C[C@@H]1CCc2nc3ccccc3c(C(=O)NCCCn3cccn3)c2C1. The Kier molecular flexibility index (Phi) is 4.69. The molecule has 0 radical (unpaired) electrons. The highest BCUT2D eigenvalue weighted by Crippen LogP contribution is 2.31. The fourth-order valence-electron chi connectivity index (χ4n) is 3.79. The number of carbonyl (C=O) groups is 1. The van der Waals surface area contributed by atoms with Gasteiger partial charge < -0.3 is 5.32 Å². The van der Waals surface area contributed by atoms with Crippen LogP contribution < -0.4 is 5.32 Å². The van der Waals surface area contributed by atoms with E-state index in [1.54, 1.807) is 6.20 Å². The second-order valence-electron chi connectivity index (χ2n) is 7.16. The molecule has 5 heteroatoms. The molecular formula is C21H24N4O. The zero-order valence-electron chi connectivity index (χ0n) is 15.1. The van der Waals surface area contributed by atoms with E-state index in [-0.39, 0.29) is 5.91 Å². The average Bonchev–Trinajstić information content (AvgIpc) is 3.16. The number of hydrogen-bond donors (Lipinski definition) is 1. The van der Waals surface area contributed by atoms with Gasteiger partial charge in [-0.1, -0.05) is 25.1 Å². The van der Waals surface area contributed by atoms with Crippen molar-refractivity contribution >= 4 is 16.8 Å². The smallest absolute Gasteiger partial charge is 0.252 e. The van der Waals surface area contributed by atoms with E-state index in [2.05, 4.69) is 17.3 Å². The van der Waals surface area contributed by atoms with Crippen LogP contribution >= 0.6 is 0 Å². The first kappa shape index (κ1) is 16.8. The van der Waals surface area contributed by atoms with Crippen LogP contribution in [0.15, 0.2) is 42.7 Å². The Hall–Kier alpha value is -2.69. The standard InChI is InChI=1S/C21H24N4O/c1-15-8-9-19-17(14-15)20(16-6-2-3-7-18(16)24-19)21(26)22-10-4-12-25-13-5-11-23-25/h2-3,5-7,11,13,15H,4,8-10,12,14H2,1H3,(H,22,26)/t15-/m1/s1. The van der Waals surface area contributed by atoms with Crippen molar-refractivity contribution in [1.29, 1.82) is 0 Å². The van der Waals surface area contributed by atoms with E-state index < -0.39 is 0 Å². The number of amides is 1. The summed E-state index contributed by atoms with van der Waals surface area (Å²) in [4.78, 5) is 17.9. The number of aromatic nitrogens is 3. The van der Waals surface area contributed by atoms with Gasteiger partial charge in [-0.05, 0) is 49.3 Å². The number of pyridine rings is 1. The summed E-state index contributed by atoms with van der Waals surface area (Å²) in [5.74, 6) is 0.617. The Bertz CT molecular complexity index is 917. The lowest BCUT2D eigenvalue weighted by Crippen LogP contribution is -2.28. The van der Waals surface area contributed by atoms with Gasteiger partial charge in [0, 0.05) is 36.6 Å². The maximum Gasteiger partial charge on any atom is 0.252 e. The lowest BCUT2D eigenvalue weighted by molar-refractivity contribution is 0.0952. The van der Waals surface area contributed by atoms with Crippen LogP contribution in [-0.2, 0) is 19.4 Å². The normalized spacial score (nSPS) is 16.4. The van der Waals surface area contributed by atoms with Crippen molar-refractivity contribution in [3.05, 3.63) is 59.5 Å². The minimum absolute atomic E-state index is 0.0226. The van der Waals surface area contributed by atoms with Gasteiger partial charge in [0.25, 0.3) is 5.91 Å². The maximum atomic E-state index is 13.0. The van der Waals surface area contributed by atoms with Crippen LogP contribution in [0, 0.1) is 5.92 Å². The quantitative estimate of drug-likeness (QED) is 0.719. The Morgan fingerprint density at radius 2 is 2.19 bits per heavy atom. The van der Waals surface area contributed by atoms with Crippen LogP contribution in [0.5, 0.6) is 0 Å². The molecule has 1 N–H and O–H groups in total. The van der Waals surface area contributed by atoms with Gasteiger partial charge >= 0.3 is 0 Å². The second-order valence-corrected chi connectivity index (χ2v) is 7.16. The van der Waals surface area contributed by atoms with Crippen LogP contribution in [0.25, 0.3) is 10.9 Å². The molecule has 26 heavy (non-hydrogen) atoms. The van der Waals surface area contributed by atoms with E-state index in [0.29, 0.717) is 12.5 Å². The summed E-state index contributed by atoms with van der Waals surface area (Å²) in [5.41, 5.74) is 3.99. The van der Waals surface area contributed by atoms with E-state index in [1.807, 2.05) is 41.2 Å². The molecule has 2 aromatic heterocycles. The molecule has 5 nitrogen and oxygen atoms in total. The number of para-hydroxylation sites is 1. The van der Waals surface area contributed by atoms with Crippen molar-refractivity contribution in [2.45, 2.75) is 39.2 Å². The number of benzene rings is 1. The van der Waals surface area contributed by atoms with Crippen molar-refractivity contribution < 1.29 is 4.79 Å². The third-order valence-electron chi connectivity index (χ3n) is 5.14. The second kappa shape index (κ2) is 7.28. The first-order valence-corrected chi connectivity index (χ1v) is 9.38. The molecule has 2 heterocycles. The molecule has 0 saturated carbocycles.